The third-order valence-corrected chi connectivity index (χ3v) is 5.12. The summed E-state index contributed by atoms with van der Waals surface area (Å²) < 4.78 is 36.5. The normalized spacial score (nSPS) is 11.1. The van der Waals surface area contributed by atoms with Gasteiger partial charge in [-0.2, -0.15) is 0 Å². The maximum Gasteiger partial charge on any atom is 0.261 e. The molecule has 1 heterocycles. The molecule has 1 aromatic carbocycles. The molecule has 0 aliphatic heterocycles. The van der Waals surface area contributed by atoms with Crippen LogP contribution in [0.5, 0.6) is 0 Å². The molecule has 0 aliphatic rings. The van der Waals surface area contributed by atoms with E-state index in [0.717, 1.165) is 29.8 Å². The van der Waals surface area contributed by atoms with Crippen LogP contribution < -0.4 is 15.6 Å². The van der Waals surface area contributed by atoms with Crippen molar-refractivity contribution in [3.05, 3.63) is 52.0 Å². The number of hydrazine groups is 1. The zero-order chi connectivity index (χ0) is 17.7. The lowest BCUT2D eigenvalue weighted by molar-refractivity contribution is -0.120. The van der Waals surface area contributed by atoms with E-state index in [1.807, 2.05) is 17.2 Å². The van der Waals surface area contributed by atoms with Crippen LogP contribution in [-0.4, -0.2) is 26.8 Å². The Hall–Kier alpha value is -2.30. The summed E-state index contributed by atoms with van der Waals surface area (Å²) in [5.41, 5.74) is 2.90. The fraction of sp³-hybridized carbons (Fsp3) is 0.143. The van der Waals surface area contributed by atoms with E-state index in [1.165, 1.54) is 11.3 Å². The molecule has 24 heavy (non-hydrogen) atoms. The van der Waals surface area contributed by atoms with E-state index >= 15 is 0 Å². The van der Waals surface area contributed by atoms with Crippen molar-refractivity contribution in [2.24, 2.45) is 0 Å². The second kappa shape index (κ2) is 7.51. The minimum Gasteiger partial charge on any atom is -0.342 e. The van der Waals surface area contributed by atoms with Crippen molar-refractivity contribution in [2.45, 2.75) is 11.8 Å². The number of sulfonamides is 1. The first-order valence-electron chi connectivity index (χ1n) is 6.67. The highest BCUT2D eigenvalue weighted by molar-refractivity contribution is 7.89. The summed E-state index contributed by atoms with van der Waals surface area (Å²) in [4.78, 5) is 25.5. The summed E-state index contributed by atoms with van der Waals surface area (Å²) in [5, 5.41) is 4.17. The second-order valence-electron chi connectivity index (χ2n) is 4.78. The molecule has 7 nitrogen and oxygen atoms in total. The summed E-state index contributed by atoms with van der Waals surface area (Å²) in [6, 6.07) is 5.77. The van der Waals surface area contributed by atoms with E-state index in [2.05, 4.69) is 5.32 Å². The van der Waals surface area contributed by atoms with Crippen LogP contribution >= 0.6 is 11.3 Å². The van der Waals surface area contributed by atoms with Crippen LogP contribution in [0.4, 0.5) is 4.39 Å². The number of hydrogen-bond acceptors (Lipinski definition) is 5. The van der Waals surface area contributed by atoms with Gasteiger partial charge in [0, 0.05) is 0 Å². The Bertz CT molecular complexity index is 847. The van der Waals surface area contributed by atoms with E-state index < -0.39 is 34.2 Å². The van der Waals surface area contributed by atoms with Gasteiger partial charge in [-0.1, -0.05) is 0 Å². The molecule has 0 bridgehead atoms. The number of carbonyl (C=O) groups excluding carboxylic acids is 2. The van der Waals surface area contributed by atoms with Gasteiger partial charge < -0.3 is 5.32 Å². The van der Waals surface area contributed by atoms with Gasteiger partial charge in [0.2, 0.25) is 0 Å². The predicted molar refractivity (Wildman–Crippen MR) is 86.3 cm³/mol. The predicted octanol–water partition coefficient (Wildman–Crippen LogP) is 0.935. The molecule has 2 rings (SSSR count). The average Bonchev–Trinajstić information content (AvgIpc) is 2.98. The highest BCUT2D eigenvalue weighted by Gasteiger charge is 2.15. The van der Waals surface area contributed by atoms with E-state index in [9.17, 15) is 22.4 Å². The Morgan fingerprint density at radius 1 is 1.21 bits per heavy atom. The molecule has 1 aromatic heterocycles. The molecule has 2 amide bonds. The molecule has 10 heteroatoms. The Balaban J connectivity index is 1.84. The molecule has 0 fully saturated rings. The second-order valence-corrected chi connectivity index (χ2v) is 7.37. The Kier molecular flexibility index (Phi) is 5.65. The number of carbonyl (C=O) groups is 2. The summed E-state index contributed by atoms with van der Waals surface area (Å²) >= 11 is 1.24. The van der Waals surface area contributed by atoms with Gasteiger partial charge in [0.1, 0.15) is 5.82 Å². The van der Waals surface area contributed by atoms with Crippen LogP contribution in [-0.2, 0) is 14.8 Å². The van der Waals surface area contributed by atoms with Gasteiger partial charge in [0.15, 0.2) is 0 Å². The first-order chi connectivity index (χ1) is 11.3. The van der Waals surface area contributed by atoms with Crippen molar-refractivity contribution in [1.29, 1.82) is 0 Å². The van der Waals surface area contributed by atoms with Crippen LogP contribution in [0.2, 0.25) is 0 Å². The first-order valence-corrected chi connectivity index (χ1v) is 9.04. The molecule has 0 unspecified atom stereocenters. The molecular formula is C14H14FN3O4S2. The summed E-state index contributed by atoms with van der Waals surface area (Å²) in [6.45, 7) is 1.44. The molecule has 0 aliphatic carbocycles. The minimum absolute atomic E-state index is 0.206. The van der Waals surface area contributed by atoms with Crippen molar-refractivity contribution in [1.82, 2.24) is 15.6 Å². The largest absolute Gasteiger partial charge is 0.342 e. The minimum atomic E-state index is -4.02. The molecule has 0 spiro atoms. The van der Waals surface area contributed by atoms with Crippen LogP contribution in [0.25, 0.3) is 0 Å². The number of thiophene rings is 1. The number of aryl methyl sites for hydroxylation is 1. The number of hydrogen-bond donors (Lipinski definition) is 3. The van der Waals surface area contributed by atoms with Crippen LogP contribution in [0.3, 0.4) is 0 Å². The average molecular weight is 371 g/mol. The molecule has 0 radical (unpaired) electrons. The lowest BCUT2D eigenvalue weighted by atomic mass is 10.3. The third-order valence-electron chi connectivity index (χ3n) is 2.81. The monoisotopic (exact) mass is 371 g/mol. The first kappa shape index (κ1) is 18.0. The fourth-order valence-corrected chi connectivity index (χ4v) is 3.31. The van der Waals surface area contributed by atoms with Gasteiger partial charge in [-0.3, -0.25) is 15.0 Å². The van der Waals surface area contributed by atoms with Gasteiger partial charge in [-0.25, -0.2) is 12.8 Å². The maximum atomic E-state index is 12.8. The Morgan fingerprint density at radius 2 is 1.88 bits per heavy atom. The summed E-state index contributed by atoms with van der Waals surface area (Å²) in [6.07, 6.45) is 0. The standard InChI is InChI=1S/C14H14FN3O4S2/c1-9-6-12(23-8-9)14(20)16-7-13(19)17-18-24(21,22)11-4-2-10(15)3-5-11/h2-6,8,18H,7H2,1H3,(H,16,20)(H,17,19). The van der Waals surface area contributed by atoms with Gasteiger partial charge in [0.05, 0.1) is 16.3 Å². The smallest absolute Gasteiger partial charge is 0.261 e. The van der Waals surface area contributed by atoms with Crippen LogP contribution in [0, 0.1) is 12.7 Å². The highest BCUT2D eigenvalue weighted by atomic mass is 32.2. The zero-order valence-corrected chi connectivity index (χ0v) is 14.1. The number of amides is 2. The van der Waals surface area contributed by atoms with E-state index in [-0.39, 0.29) is 4.90 Å². The van der Waals surface area contributed by atoms with Gasteiger partial charge in [0.25, 0.3) is 21.8 Å². The van der Waals surface area contributed by atoms with Crippen LogP contribution in [0.1, 0.15) is 15.2 Å². The van der Waals surface area contributed by atoms with E-state index in [1.54, 1.807) is 11.4 Å². The molecule has 3 N–H and O–H groups in total. The molecular weight excluding hydrogens is 357 g/mol. The quantitative estimate of drug-likeness (QED) is 0.657. The zero-order valence-electron chi connectivity index (χ0n) is 12.5. The third kappa shape index (κ3) is 4.85. The summed E-state index contributed by atoms with van der Waals surface area (Å²) in [5.74, 6) is -1.75. The van der Waals surface area contributed by atoms with Crippen molar-refractivity contribution in [2.75, 3.05) is 6.54 Å². The van der Waals surface area contributed by atoms with Crippen LogP contribution in [0.15, 0.2) is 40.6 Å². The number of rotatable bonds is 6. The molecule has 0 saturated carbocycles. The number of nitrogens with one attached hydrogen (secondary N) is 3. The molecule has 128 valence electrons. The molecule has 0 atom stereocenters. The van der Waals surface area contributed by atoms with Gasteiger partial charge >= 0.3 is 0 Å². The van der Waals surface area contributed by atoms with Gasteiger partial charge in [-0.15, -0.1) is 16.2 Å². The summed E-state index contributed by atoms with van der Waals surface area (Å²) in [7, 11) is -4.02. The maximum absolute atomic E-state index is 12.8. The van der Waals surface area contributed by atoms with Crippen molar-refractivity contribution < 1.29 is 22.4 Å². The lowest BCUT2D eigenvalue weighted by Crippen LogP contribution is -2.46. The number of benzene rings is 1. The SMILES string of the molecule is Cc1csc(C(=O)NCC(=O)NNS(=O)(=O)c2ccc(F)cc2)c1. The Labute approximate surface area is 141 Å². The molecule has 2 aromatic rings. The van der Waals surface area contributed by atoms with Gasteiger partial charge in [-0.05, 0) is 48.2 Å². The van der Waals surface area contributed by atoms with E-state index in [0.29, 0.717) is 4.88 Å². The topological polar surface area (TPSA) is 104 Å². The fourth-order valence-electron chi connectivity index (χ4n) is 1.64. The Morgan fingerprint density at radius 3 is 2.46 bits per heavy atom. The lowest BCUT2D eigenvalue weighted by Gasteiger charge is -2.09. The van der Waals surface area contributed by atoms with Crippen molar-refractivity contribution in [3.8, 4) is 0 Å². The van der Waals surface area contributed by atoms with Crippen molar-refractivity contribution >= 4 is 33.2 Å². The van der Waals surface area contributed by atoms with Crippen molar-refractivity contribution in [3.63, 3.8) is 0 Å². The van der Waals surface area contributed by atoms with E-state index in [4.69, 9.17) is 0 Å². The highest BCUT2D eigenvalue weighted by Crippen LogP contribution is 2.13. The number of halogens is 1. The molecule has 0 saturated heterocycles.